The minimum absolute atomic E-state index is 0.182. The highest BCUT2D eigenvalue weighted by atomic mass is 16.5. The molecule has 0 aliphatic carbocycles. The number of aryl methyl sites for hydroxylation is 1. The number of rotatable bonds is 6. The van der Waals surface area contributed by atoms with Crippen LogP contribution < -0.4 is 10.1 Å². The van der Waals surface area contributed by atoms with Gasteiger partial charge in [-0.1, -0.05) is 25.1 Å². The second kappa shape index (κ2) is 7.95. The first-order valence-corrected chi connectivity index (χ1v) is 7.48. The number of hydrogen-bond acceptors (Lipinski definition) is 4. The molecule has 0 radical (unpaired) electrons. The summed E-state index contributed by atoms with van der Waals surface area (Å²) >= 11 is 0. The van der Waals surface area contributed by atoms with Crippen LogP contribution >= 0.6 is 0 Å². The Labute approximate surface area is 135 Å². The number of amides is 1. The van der Waals surface area contributed by atoms with E-state index in [-0.39, 0.29) is 5.91 Å². The smallest absolute Gasteiger partial charge is 0.261 e. The van der Waals surface area contributed by atoms with E-state index in [0.29, 0.717) is 24.3 Å². The molecule has 5 heteroatoms. The van der Waals surface area contributed by atoms with Gasteiger partial charge < -0.3 is 10.1 Å². The summed E-state index contributed by atoms with van der Waals surface area (Å²) in [6, 6.07) is 11.3. The van der Waals surface area contributed by atoms with Gasteiger partial charge in [0.15, 0.2) is 6.10 Å². The molecule has 0 spiro atoms. The average Bonchev–Trinajstić information content (AvgIpc) is 2.59. The third kappa shape index (κ3) is 4.55. The molecule has 0 aliphatic heterocycles. The highest BCUT2D eigenvalue weighted by molar-refractivity contribution is 5.81. The topological polar surface area (TPSA) is 75.0 Å². The molecule has 0 saturated carbocycles. The summed E-state index contributed by atoms with van der Waals surface area (Å²) in [5, 5.41) is 11.7. The van der Waals surface area contributed by atoms with Crippen LogP contribution in [-0.4, -0.2) is 17.0 Å². The van der Waals surface area contributed by atoms with E-state index in [1.807, 2.05) is 44.2 Å². The Morgan fingerprint density at radius 1 is 1.39 bits per heavy atom. The molecule has 23 heavy (non-hydrogen) atoms. The van der Waals surface area contributed by atoms with Crippen molar-refractivity contribution >= 4 is 5.91 Å². The van der Waals surface area contributed by atoms with Gasteiger partial charge in [-0.15, -0.1) is 0 Å². The molecule has 1 unspecified atom stereocenters. The summed E-state index contributed by atoms with van der Waals surface area (Å²) in [5.41, 5.74) is 2.24. The van der Waals surface area contributed by atoms with Crippen LogP contribution in [0.15, 0.2) is 42.7 Å². The van der Waals surface area contributed by atoms with Gasteiger partial charge in [-0.05, 0) is 36.6 Å². The molecular weight excluding hydrogens is 290 g/mol. The molecule has 0 saturated heterocycles. The summed E-state index contributed by atoms with van der Waals surface area (Å²) in [4.78, 5) is 16.3. The molecule has 1 N–H and O–H groups in total. The molecule has 1 aromatic heterocycles. The van der Waals surface area contributed by atoms with Gasteiger partial charge in [-0.25, -0.2) is 0 Å². The number of benzene rings is 1. The number of aromatic nitrogens is 1. The lowest BCUT2D eigenvalue weighted by Crippen LogP contribution is -2.37. The Hall–Kier alpha value is -2.87. The van der Waals surface area contributed by atoms with E-state index in [0.717, 1.165) is 11.1 Å². The number of nitrogens with zero attached hydrogens (tertiary/aromatic N) is 2. The predicted molar refractivity (Wildman–Crippen MR) is 86.7 cm³/mol. The summed E-state index contributed by atoms with van der Waals surface area (Å²) in [6.07, 6.45) is 3.13. The molecule has 1 amide bonds. The Bertz CT molecular complexity index is 722. The SMILES string of the molecule is CCC(Oc1ccccc1C)C(=O)NCc1cncc(C#N)c1. The first-order chi connectivity index (χ1) is 11.1. The van der Waals surface area contributed by atoms with Crippen molar-refractivity contribution in [2.75, 3.05) is 0 Å². The fourth-order valence-electron chi connectivity index (χ4n) is 2.11. The average molecular weight is 309 g/mol. The highest BCUT2D eigenvalue weighted by Crippen LogP contribution is 2.18. The van der Waals surface area contributed by atoms with Gasteiger partial charge in [0.25, 0.3) is 5.91 Å². The van der Waals surface area contributed by atoms with Gasteiger partial charge in [0.1, 0.15) is 11.8 Å². The second-order valence-corrected chi connectivity index (χ2v) is 5.19. The van der Waals surface area contributed by atoms with Crippen LogP contribution in [0.25, 0.3) is 0 Å². The highest BCUT2D eigenvalue weighted by Gasteiger charge is 2.18. The third-order valence-electron chi connectivity index (χ3n) is 3.42. The number of ether oxygens (including phenoxy) is 1. The monoisotopic (exact) mass is 309 g/mol. The lowest BCUT2D eigenvalue weighted by Gasteiger charge is -2.18. The van der Waals surface area contributed by atoms with Crippen LogP contribution in [0.1, 0.15) is 30.0 Å². The van der Waals surface area contributed by atoms with Crippen LogP contribution in [0.4, 0.5) is 0 Å². The van der Waals surface area contributed by atoms with Crippen molar-refractivity contribution in [1.82, 2.24) is 10.3 Å². The Kier molecular flexibility index (Phi) is 5.70. The minimum atomic E-state index is -0.553. The van der Waals surface area contributed by atoms with Gasteiger partial charge in [-0.2, -0.15) is 5.26 Å². The van der Waals surface area contributed by atoms with Crippen molar-refractivity contribution < 1.29 is 9.53 Å². The number of carbonyl (C=O) groups excluding carboxylic acids is 1. The molecule has 2 rings (SSSR count). The Morgan fingerprint density at radius 2 is 2.17 bits per heavy atom. The van der Waals surface area contributed by atoms with E-state index < -0.39 is 6.10 Å². The third-order valence-corrected chi connectivity index (χ3v) is 3.42. The van der Waals surface area contributed by atoms with Crippen LogP contribution in [0.5, 0.6) is 5.75 Å². The van der Waals surface area contributed by atoms with Crippen molar-refractivity contribution in [3.63, 3.8) is 0 Å². The Morgan fingerprint density at radius 3 is 2.87 bits per heavy atom. The lowest BCUT2D eigenvalue weighted by atomic mass is 10.2. The second-order valence-electron chi connectivity index (χ2n) is 5.19. The van der Waals surface area contributed by atoms with Crippen LogP contribution in [0, 0.1) is 18.3 Å². The van der Waals surface area contributed by atoms with E-state index in [4.69, 9.17) is 10.00 Å². The maximum Gasteiger partial charge on any atom is 0.261 e. The van der Waals surface area contributed by atoms with E-state index in [2.05, 4.69) is 10.3 Å². The first-order valence-electron chi connectivity index (χ1n) is 7.48. The molecule has 5 nitrogen and oxygen atoms in total. The maximum absolute atomic E-state index is 12.3. The zero-order valence-electron chi connectivity index (χ0n) is 13.2. The number of hydrogen-bond donors (Lipinski definition) is 1. The van der Waals surface area contributed by atoms with Gasteiger partial charge in [0.05, 0.1) is 5.56 Å². The molecule has 2 aromatic rings. The van der Waals surface area contributed by atoms with E-state index in [1.54, 1.807) is 12.3 Å². The summed E-state index contributed by atoms with van der Waals surface area (Å²) in [7, 11) is 0. The number of carbonyl (C=O) groups is 1. The van der Waals surface area contributed by atoms with Crippen LogP contribution in [-0.2, 0) is 11.3 Å². The molecule has 0 fully saturated rings. The Balaban J connectivity index is 1.97. The molecule has 0 aliphatic rings. The van der Waals surface area contributed by atoms with Gasteiger partial charge in [0.2, 0.25) is 0 Å². The van der Waals surface area contributed by atoms with Crippen LogP contribution in [0.2, 0.25) is 0 Å². The standard InChI is InChI=1S/C18H19N3O2/c1-3-16(23-17-7-5-4-6-13(17)2)18(22)21-12-15-8-14(9-19)10-20-11-15/h4-8,10-11,16H,3,12H2,1-2H3,(H,21,22). The largest absolute Gasteiger partial charge is 0.480 e. The summed E-state index contributed by atoms with van der Waals surface area (Å²) < 4.78 is 5.81. The zero-order chi connectivity index (χ0) is 16.7. The summed E-state index contributed by atoms with van der Waals surface area (Å²) in [5.74, 6) is 0.528. The van der Waals surface area contributed by atoms with E-state index in [1.165, 1.54) is 6.20 Å². The fraction of sp³-hybridized carbons (Fsp3) is 0.278. The molecule has 118 valence electrons. The molecule has 0 bridgehead atoms. The maximum atomic E-state index is 12.3. The summed E-state index contributed by atoms with van der Waals surface area (Å²) in [6.45, 7) is 4.16. The molecular formula is C18H19N3O2. The van der Waals surface area contributed by atoms with Crippen LogP contribution in [0.3, 0.4) is 0 Å². The lowest BCUT2D eigenvalue weighted by molar-refractivity contribution is -0.128. The van der Waals surface area contributed by atoms with Gasteiger partial charge >= 0.3 is 0 Å². The number of para-hydroxylation sites is 1. The van der Waals surface area contributed by atoms with Crippen molar-refractivity contribution in [3.05, 3.63) is 59.4 Å². The molecule has 1 heterocycles. The number of nitriles is 1. The van der Waals surface area contributed by atoms with Gasteiger partial charge in [-0.3, -0.25) is 9.78 Å². The van der Waals surface area contributed by atoms with Crippen molar-refractivity contribution in [3.8, 4) is 11.8 Å². The zero-order valence-corrected chi connectivity index (χ0v) is 13.2. The fourth-order valence-corrected chi connectivity index (χ4v) is 2.11. The number of nitrogens with one attached hydrogen (secondary N) is 1. The van der Waals surface area contributed by atoms with Crippen molar-refractivity contribution in [1.29, 1.82) is 5.26 Å². The normalized spacial score (nSPS) is 11.3. The van der Waals surface area contributed by atoms with Crippen molar-refractivity contribution in [2.24, 2.45) is 0 Å². The predicted octanol–water partition coefficient (Wildman–Crippen LogP) is 2.74. The van der Waals surface area contributed by atoms with E-state index in [9.17, 15) is 4.79 Å². The van der Waals surface area contributed by atoms with Crippen molar-refractivity contribution in [2.45, 2.75) is 32.9 Å². The quantitative estimate of drug-likeness (QED) is 0.890. The molecule has 1 aromatic carbocycles. The number of pyridine rings is 1. The first kappa shape index (κ1) is 16.5. The molecule has 1 atom stereocenters. The minimum Gasteiger partial charge on any atom is -0.480 e. The van der Waals surface area contributed by atoms with E-state index >= 15 is 0 Å². The van der Waals surface area contributed by atoms with Gasteiger partial charge in [0, 0.05) is 18.9 Å².